The zero-order valence-electron chi connectivity index (χ0n) is 11.1. The van der Waals surface area contributed by atoms with Crippen molar-refractivity contribution in [3.05, 3.63) is 12.7 Å². The molecule has 0 aromatic carbocycles. The van der Waals surface area contributed by atoms with Crippen LogP contribution in [0.3, 0.4) is 0 Å². The van der Waals surface area contributed by atoms with Crippen molar-refractivity contribution in [2.24, 2.45) is 0 Å². The van der Waals surface area contributed by atoms with Gasteiger partial charge >= 0.3 is 6.09 Å². The van der Waals surface area contributed by atoms with Gasteiger partial charge in [0.1, 0.15) is 12.1 Å². The number of rotatable bonds is 5. The highest BCUT2D eigenvalue weighted by Crippen LogP contribution is 2.10. The fourth-order valence-corrected chi connectivity index (χ4v) is 0.873. The van der Waals surface area contributed by atoms with Gasteiger partial charge in [-0.15, -0.1) is 12.5 Å². The Morgan fingerprint density at radius 3 is 2.59 bits per heavy atom. The summed E-state index contributed by atoms with van der Waals surface area (Å²) in [5, 5.41) is 1.13. The molecule has 0 bridgehead atoms. The molecule has 0 fully saturated rings. The molecule has 0 spiro atoms. The van der Waals surface area contributed by atoms with Crippen LogP contribution in [0.25, 0.3) is 0 Å². The van der Waals surface area contributed by atoms with Crippen LogP contribution in [0.2, 0.25) is 0 Å². The predicted molar refractivity (Wildman–Crippen MR) is 67.2 cm³/mol. The summed E-state index contributed by atoms with van der Waals surface area (Å²) in [4.78, 5) is 17.0. The van der Waals surface area contributed by atoms with Gasteiger partial charge < -0.3 is 4.74 Å². The van der Waals surface area contributed by atoms with Crippen molar-refractivity contribution in [3.8, 4) is 11.8 Å². The second-order valence-electron chi connectivity index (χ2n) is 4.35. The first kappa shape index (κ1) is 15.5. The van der Waals surface area contributed by atoms with Gasteiger partial charge in [0.05, 0.1) is 6.61 Å². The maximum absolute atomic E-state index is 11.7. The SMILES string of the molecule is C=CCCON(CC#CC)C(=O)OC(C)(C)C. The minimum Gasteiger partial charge on any atom is -0.442 e. The molecule has 0 heterocycles. The zero-order valence-corrected chi connectivity index (χ0v) is 11.1. The lowest BCUT2D eigenvalue weighted by molar-refractivity contribution is -0.138. The number of amides is 1. The van der Waals surface area contributed by atoms with Gasteiger partial charge in [-0.05, 0) is 34.1 Å². The molecule has 0 unspecified atom stereocenters. The number of carbonyl (C=O) groups is 1. The topological polar surface area (TPSA) is 38.8 Å². The third-order valence-corrected chi connectivity index (χ3v) is 1.57. The molecule has 0 rings (SSSR count). The molecule has 4 heteroatoms. The van der Waals surface area contributed by atoms with Crippen molar-refractivity contribution in [1.29, 1.82) is 0 Å². The van der Waals surface area contributed by atoms with Crippen molar-refractivity contribution >= 4 is 6.09 Å². The molecule has 0 aliphatic carbocycles. The van der Waals surface area contributed by atoms with E-state index in [9.17, 15) is 4.79 Å². The molecule has 96 valence electrons. The van der Waals surface area contributed by atoms with Crippen LogP contribution >= 0.6 is 0 Å². The summed E-state index contributed by atoms with van der Waals surface area (Å²) in [6.07, 6.45) is 1.86. The molecule has 0 aliphatic heterocycles. The third-order valence-electron chi connectivity index (χ3n) is 1.57. The Balaban J connectivity index is 4.37. The van der Waals surface area contributed by atoms with E-state index in [1.165, 1.54) is 0 Å². The molecule has 0 saturated heterocycles. The minimum atomic E-state index is -0.545. The van der Waals surface area contributed by atoms with E-state index >= 15 is 0 Å². The average molecular weight is 239 g/mol. The van der Waals surface area contributed by atoms with E-state index in [1.807, 2.05) is 0 Å². The number of hydrogen-bond acceptors (Lipinski definition) is 3. The first-order valence-electron chi connectivity index (χ1n) is 5.54. The second-order valence-corrected chi connectivity index (χ2v) is 4.35. The van der Waals surface area contributed by atoms with Gasteiger partial charge in [0, 0.05) is 0 Å². The molecule has 0 aliphatic rings. The quantitative estimate of drug-likeness (QED) is 0.320. The van der Waals surface area contributed by atoms with Gasteiger partial charge in [-0.1, -0.05) is 12.0 Å². The van der Waals surface area contributed by atoms with Gasteiger partial charge in [-0.3, -0.25) is 4.84 Å². The molecule has 4 nitrogen and oxygen atoms in total. The Bertz CT molecular complexity index is 307. The molecule has 0 aromatic heterocycles. The van der Waals surface area contributed by atoms with E-state index in [-0.39, 0.29) is 6.54 Å². The predicted octanol–water partition coefficient (Wildman–Crippen LogP) is 2.75. The third kappa shape index (κ3) is 8.35. The Morgan fingerprint density at radius 2 is 2.12 bits per heavy atom. The number of hydroxylamine groups is 2. The molecular formula is C13H21NO3. The first-order valence-corrected chi connectivity index (χ1v) is 5.54. The van der Waals surface area contributed by atoms with Crippen LogP contribution in [0.15, 0.2) is 12.7 Å². The summed E-state index contributed by atoms with van der Waals surface area (Å²) in [7, 11) is 0. The fourth-order valence-electron chi connectivity index (χ4n) is 0.873. The van der Waals surface area contributed by atoms with Crippen LogP contribution < -0.4 is 0 Å². The summed E-state index contributed by atoms with van der Waals surface area (Å²) in [5.41, 5.74) is -0.545. The van der Waals surface area contributed by atoms with Gasteiger partial charge in [0.15, 0.2) is 0 Å². The van der Waals surface area contributed by atoms with Crippen LogP contribution in [0.5, 0.6) is 0 Å². The lowest BCUT2D eigenvalue weighted by atomic mass is 10.2. The van der Waals surface area contributed by atoms with Gasteiger partial charge in [0.2, 0.25) is 0 Å². The largest absolute Gasteiger partial charge is 0.442 e. The standard InChI is InChI=1S/C13H21NO3/c1-6-8-10-14(16-11-9-7-2)12(15)17-13(3,4)5/h7H,2,9-11H2,1,3-5H3. The molecule has 0 aromatic rings. The number of ether oxygens (including phenoxy) is 1. The highest BCUT2D eigenvalue weighted by molar-refractivity contribution is 5.67. The molecule has 0 saturated carbocycles. The normalized spacial score (nSPS) is 10.1. The Hall–Kier alpha value is -1.47. The maximum Gasteiger partial charge on any atom is 0.435 e. The van der Waals surface area contributed by atoms with Crippen LogP contribution in [0.4, 0.5) is 4.79 Å². The van der Waals surface area contributed by atoms with Crippen LogP contribution in [0.1, 0.15) is 34.1 Å². The Kier molecular flexibility index (Phi) is 7.08. The van der Waals surface area contributed by atoms with E-state index in [4.69, 9.17) is 9.57 Å². The van der Waals surface area contributed by atoms with E-state index in [0.29, 0.717) is 13.0 Å². The molecule has 1 amide bonds. The Morgan fingerprint density at radius 1 is 1.47 bits per heavy atom. The summed E-state index contributed by atoms with van der Waals surface area (Å²) >= 11 is 0. The summed E-state index contributed by atoms with van der Waals surface area (Å²) in [5.74, 6) is 5.47. The van der Waals surface area contributed by atoms with Gasteiger partial charge in [0.25, 0.3) is 0 Å². The van der Waals surface area contributed by atoms with Gasteiger partial charge in [-0.25, -0.2) is 4.79 Å². The number of hydrogen-bond donors (Lipinski definition) is 0. The van der Waals surface area contributed by atoms with Crippen LogP contribution in [-0.2, 0) is 9.57 Å². The average Bonchev–Trinajstić information content (AvgIpc) is 2.20. The highest BCUT2D eigenvalue weighted by atomic mass is 16.7. The lowest BCUT2D eigenvalue weighted by Gasteiger charge is -2.25. The monoisotopic (exact) mass is 239 g/mol. The van der Waals surface area contributed by atoms with Crippen LogP contribution in [0, 0.1) is 11.8 Å². The van der Waals surface area contributed by atoms with Crippen LogP contribution in [-0.4, -0.2) is 29.9 Å². The van der Waals surface area contributed by atoms with E-state index in [2.05, 4.69) is 18.4 Å². The van der Waals surface area contributed by atoms with Crippen molar-refractivity contribution in [2.45, 2.75) is 39.7 Å². The van der Waals surface area contributed by atoms with Crippen molar-refractivity contribution < 1.29 is 14.4 Å². The summed E-state index contributed by atoms with van der Waals surface area (Å²) < 4.78 is 5.20. The van der Waals surface area contributed by atoms with E-state index in [1.54, 1.807) is 33.8 Å². The zero-order chi connectivity index (χ0) is 13.3. The van der Waals surface area contributed by atoms with E-state index < -0.39 is 11.7 Å². The smallest absolute Gasteiger partial charge is 0.435 e. The molecular weight excluding hydrogens is 218 g/mol. The number of carbonyl (C=O) groups excluding carboxylic acids is 1. The summed E-state index contributed by atoms with van der Waals surface area (Å²) in [6, 6.07) is 0. The van der Waals surface area contributed by atoms with Crippen molar-refractivity contribution in [3.63, 3.8) is 0 Å². The van der Waals surface area contributed by atoms with Gasteiger partial charge in [-0.2, -0.15) is 5.06 Å². The highest BCUT2D eigenvalue weighted by Gasteiger charge is 2.22. The van der Waals surface area contributed by atoms with Crippen molar-refractivity contribution in [1.82, 2.24) is 5.06 Å². The first-order chi connectivity index (χ1) is 7.90. The lowest BCUT2D eigenvalue weighted by Crippen LogP contribution is -2.37. The second kappa shape index (κ2) is 7.75. The molecule has 0 radical (unpaired) electrons. The van der Waals surface area contributed by atoms with E-state index in [0.717, 1.165) is 5.06 Å². The van der Waals surface area contributed by atoms with Crippen molar-refractivity contribution in [2.75, 3.05) is 13.2 Å². The number of nitrogens with zero attached hydrogens (tertiary/aromatic N) is 1. The fraction of sp³-hybridized carbons (Fsp3) is 0.615. The molecule has 17 heavy (non-hydrogen) atoms. The molecule has 0 N–H and O–H groups in total. The molecule has 0 atom stereocenters. The maximum atomic E-state index is 11.7. The Labute approximate surface area is 104 Å². The minimum absolute atomic E-state index is 0.197. The summed E-state index contributed by atoms with van der Waals surface area (Å²) in [6.45, 7) is 11.3.